The molecule has 1 aliphatic rings. The molecule has 4 nitrogen and oxygen atoms in total. The fraction of sp³-hybridized carbons (Fsp3) is 1.00. The second-order valence-electron chi connectivity index (χ2n) is 2.94. The molecule has 0 aromatic carbocycles. The number of aliphatic hydroxyl groups is 1. The molecule has 4 atom stereocenters. The molecule has 0 aliphatic carbocycles. The van der Waals surface area contributed by atoms with Gasteiger partial charge >= 0.3 is 0 Å². The largest absolute Gasteiger partial charge is 0.375 e. The van der Waals surface area contributed by atoms with Crippen molar-refractivity contribution in [1.82, 2.24) is 0 Å². The van der Waals surface area contributed by atoms with Crippen LogP contribution < -0.4 is 5.73 Å². The highest BCUT2D eigenvalue weighted by Crippen LogP contribution is 2.18. The van der Waals surface area contributed by atoms with E-state index in [2.05, 4.69) is 0 Å². The van der Waals surface area contributed by atoms with Gasteiger partial charge in [-0.3, -0.25) is 0 Å². The molecule has 1 aliphatic heterocycles. The van der Waals surface area contributed by atoms with Crippen LogP contribution in [0.2, 0.25) is 0 Å². The molecular formula is C7H15NO3. The molecule has 3 N–H and O–H groups in total. The van der Waals surface area contributed by atoms with Crippen molar-refractivity contribution in [3.63, 3.8) is 0 Å². The SMILES string of the molecule is CO[C@H]1[C@H](N)C[C@H](C)O[C@H]1O. The minimum atomic E-state index is -0.876. The summed E-state index contributed by atoms with van der Waals surface area (Å²) in [5.74, 6) is 0. The predicted molar refractivity (Wildman–Crippen MR) is 39.9 cm³/mol. The van der Waals surface area contributed by atoms with Crippen LogP contribution in [0.3, 0.4) is 0 Å². The maximum atomic E-state index is 9.28. The lowest BCUT2D eigenvalue weighted by Crippen LogP contribution is -2.52. The highest BCUT2D eigenvalue weighted by atomic mass is 16.6. The molecule has 0 spiro atoms. The number of hydrogen-bond acceptors (Lipinski definition) is 4. The summed E-state index contributed by atoms with van der Waals surface area (Å²) in [5.41, 5.74) is 5.71. The highest BCUT2D eigenvalue weighted by molar-refractivity contribution is 4.82. The second kappa shape index (κ2) is 3.49. The van der Waals surface area contributed by atoms with E-state index in [4.69, 9.17) is 15.2 Å². The van der Waals surface area contributed by atoms with Crippen LogP contribution in [0.25, 0.3) is 0 Å². The van der Waals surface area contributed by atoms with Gasteiger partial charge in [-0.2, -0.15) is 0 Å². The van der Waals surface area contributed by atoms with Crippen LogP contribution in [-0.4, -0.2) is 36.8 Å². The third-order valence-electron chi connectivity index (χ3n) is 1.95. The number of methoxy groups -OCH3 is 1. The minimum Gasteiger partial charge on any atom is -0.375 e. The van der Waals surface area contributed by atoms with Gasteiger partial charge in [0.05, 0.1) is 6.10 Å². The van der Waals surface area contributed by atoms with Gasteiger partial charge in [0.15, 0.2) is 6.29 Å². The fourth-order valence-electron chi connectivity index (χ4n) is 1.39. The molecule has 66 valence electrons. The normalized spacial score (nSPS) is 45.8. The summed E-state index contributed by atoms with van der Waals surface area (Å²) in [7, 11) is 1.52. The summed E-state index contributed by atoms with van der Waals surface area (Å²) < 4.78 is 10.1. The van der Waals surface area contributed by atoms with Crippen molar-refractivity contribution in [2.24, 2.45) is 5.73 Å². The van der Waals surface area contributed by atoms with Gasteiger partial charge in [-0.05, 0) is 13.3 Å². The molecule has 11 heavy (non-hydrogen) atoms. The minimum absolute atomic E-state index is 0.0198. The first-order chi connectivity index (χ1) is 5.15. The van der Waals surface area contributed by atoms with Crippen LogP contribution in [0.5, 0.6) is 0 Å². The first-order valence-corrected chi connectivity index (χ1v) is 3.77. The zero-order valence-corrected chi connectivity index (χ0v) is 6.86. The van der Waals surface area contributed by atoms with Crippen molar-refractivity contribution in [3.8, 4) is 0 Å². The Morgan fingerprint density at radius 3 is 2.73 bits per heavy atom. The van der Waals surface area contributed by atoms with E-state index in [0.29, 0.717) is 0 Å². The molecule has 1 heterocycles. The Hall–Kier alpha value is -0.160. The summed E-state index contributed by atoms with van der Waals surface area (Å²) in [6.07, 6.45) is -0.508. The zero-order chi connectivity index (χ0) is 8.43. The Balaban J connectivity index is 2.52. The van der Waals surface area contributed by atoms with Gasteiger partial charge in [-0.15, -0.1) is 0 Å². The summed E-state index contributed by atoms with van der Waals surface area (Å²) >= 11 is 0. The molecule has 0 saturated carbocycles. The van der Waals surface area contributed by atoms with E-state index in [1.807, 2.05) is 6.92 Å². The first-order valence-electron chi connectivity index (χ1n) is 3.77. The average Bonchev–Trinajstić information content (AvgIpc) is 1.85. The number of aliphatic hydroxyl groups excluding tert-OH is 1. The van der Waals surface area contributed by atoms with Crippen molar-refractivity contribution < 1.29 is 14.6 Å². The van der Waals surface area contributed by atoms with Crippen molar-refractivity contribution >= 4 is 0 Å². The monoisotopic (exact) mass is 161 g/mol. The van der Waals surface area contributed by atoms with Crippen molar-refractivity contribution in [2.45, 2.75) is 37.9 Å². The number of hydrogen-bond donors (Lipinski definition) is 2. The van der Waals surface area contributed by atoms with Crippen LogP contribution in [0.4, 0.5) is 0 Å². The maximum absolute atomic E-state index is 9.28. The Morgan fingerprint density at radius 2 is 2.27 bits per heavy atom. The summed E-state index contributed by atoms with van der Waals surface area (Å²) in [5, 5.41) is 9.28. The molecule has 4 heteroatoms. The van der Waals surface area contributed by atoms with E-state index in [0.717, 1.165) is 6.42 Å². The fourth-order valence-corrected chi connectivity index (χ4v) is 1.39. The number of ether oxygens (including phenoxy) is 2. The van der Waals surface area contributed by atoms with E-state index in [1.165, 1.54) is 7.11 Å². The molecule has 0 aromatic rings. The lowest BCUT2D eigenvalue weighted by atomic mass is 10.0. The van der Waals surface area contributed by atoms with Gasteiger partial charge in [0.25, 0.3) is 0 Å². The van der Waals surface area contributed by atoms with Gasteiger partial charge in [-0.25, -0.2) is 0 Å². The Morgan fingerprint density at radius 1 is 1.64 bits per heavy atom. The Kier molecular flexibility index (Phi) is 2.84. The van der Waals surface area contributed by atoms with Gasteiger partial charge in [0.1, 0.15) is 6.10 Å². The molecule has 0 bridgehead atoms. The maximum Gasteiger partial charge on any atom is 0.182 e. The van der Waals surface area contributed by atoms with Gasteiger partial charge in [-0.1, -0.05) is 0 Å². The zero-order valence-electron chi connectivity index (χ0n) is 6.86. The topological polar surface area (TPSA) is 64.7 Å². The molecule has 0 amide bonds. The smallest absolute Gasteiger partial charge is 0.182 e. The van der Waals surface area contributed by atoms with E-state index < -0.39 is 6.29 Å². The van der Waals surface area contributed by atoms with E-state index in [9.17, 15) is 5.11 Å². The van der Waals surface area contributed by atoms with Crippen molar-refractivity contribution in [2.75, 3.05) is 7.11 Å². The average molecular weight is 161 g/mol. The van der Waals surface area contributed by atoms with Crippen LogP contribution >= 0.6 is 0 Å². The Labute approximate surface area is 66.3 Å². The lowest BCUT2D eigenvalue weighted by Gasteiger charge is -2.35. The standard InChI is InChI=1S/C7H15NO3/c1-4-3-5(8)6(10-2)7(9)11-4/h4-7,9H,3,8H2,1-2H3/t4-,5+,6-,7+/m0/s1. The van der Waals surface area contributed by atoms with Crippen LogP contribution in [0, 0.1) is 0 Å². The van der Waals surface area contributed by atoms with Gasteiger partial charge in [0, 0.05) is 13.2 Å². The predicted octanol–water partition coefficient (Wildman–Crippen LogP) is -0.544. The number of nitrogens with two attached hydrogens (primary N) is 1. The summed E-state index contributed by atoms with van der Waals surface area (Å²) in [4.78, 5) is 0. The van der Waals surface area contributed by atoms with Crippen molar-refractivity contribution in [1.29, 1.82) is 0 Å². The molecule has 1 rings (SSSR count). The van der Waals surface area contributed by atoms with Crippen LogP contribution in [0.1, 0.15) is 13.3 Å². The molecule has 1 saturated heterocycles. The third kappa shape index (κ3) is 1.90. The van der Waals surface area contributed by atoms with Crippen LogP contribution in [0.15, 0.2) is 0 Å². The summed E-state index contributed by atoms with van der Waals surface area (Å²) in [6, 6.07) is -0.126. The third-order valence-corrected chi connectivity index (χ3v) is 1.95. The lowest BCUT2D eigenvalue weighted by molar-refractivity contribution is -0.223. The van der Waals surface area contributed by atoms with Gasteiger partial charge < -0.3 is 20.3 Å². The van der Waals surface area contributed by atoms with E-state index in [-0.39, 0.29) is 18.2 Å². The Bertz CT molecular complexity index is 119. The van der Waals surface area contributed by atoms with Gasteiger partial charge in [0.2, 0.25) is 0 Å². The first kappa shape index (κ1) is 8.93. The molecule has 1 fully saturated rings. The molecule has 0 aromatic heterocycles. The van der Waals surface area contributed by atoms with Crippen molar-refractivity contribution in [3.05, 3.63) is 0 Å². The molecule has 0 radical (unpaired) electrons. The molecular weight excluding hydrogens is 146 g/mol. The number of rotatable bonds is 1. The quantitative estimate of drug-likeness (QED) is 0.542. The second-order valence-corrected chi connectivity index (χ2v) is 2.94. The highest BCUT2D eigenvalue weighted by Gasteiger charge is 2.33. The van der Waals surface area contributed by atoms with Crippen LogP contribution in [-0.2, 0) is 9.47 Å². The van der Waals surface area contributed by atoms with E-state index >= 15 is 0 Å². The van der Waals surface area contributed by atoms with E-state index in [1.54, 1.807) is 0 Å². The summed E-state index contributed by atoms with van der Waals surface area (Å²) in [6.45, 7) is 1.88. The molecule has 0 unspecified atom stereocenters.